The Balaban J connectivity index is 0.00000225. The van der Waals surface area contributed by atoms with Gasteiger partial charge in [0, 0.05) is 28.4 Å². The SMILES string of the molecule is CCOC(=O)C(F)[C@@H](N)c1ccc2c(c1)c1ccccc1n2CC.Cl. The number of alkyl halides is 1. The minimum Gasteiger partial charge on any atom is -0.464 e. The lowest BCUT2D eigenvalue weighted by molar-refractivity contribution is -0.149. The van der Waals surface area contributed by atoms with Gasteiger partial charge in [-0.25, -0.2) is 9.18 Å². The summed E-state index contributed by atoms with van der Waals surface area (Å²) in [5, 5.41) is 2.10. The zero-order valence-corrected chi connectivity index (χ0v) is 15.1. The van der Waals surface area contributed by atoms with Crippen molar-refractivity contribution in [3.63, 3.8) is 0 Å². The molecule has 2 aromatic carbocycles. The number of fused-ring (bicyclic) bond motifs is 3. The summed E-state index contributed by atoms with van der Waals surface area (Å²) in [6, 6.07) is 12.6. The van der Waals surface area contributed by atoms with Crippen LogP contribution in [0.4, 0.5) is 4.39 Å². The highest BCUT2D eigenvalue weighted by Gasteiger charge is 2.28. The highest BCUT2D eigenvalue weighted by Crippen LogP contribution is 2.31. The Bertz CT molecular complexity index is 894. The normalized spacial score (nSPS) is 13.4. The van der Waals surface area contributed by atoms with Crippen LogP contribution in [0.1, 0.15) is 25.5 Å². The van der Waals surface area contributed by atoms with Gasteiger partial charge in [-0.2, -0.15) is 0 Å². The molecule has 1 heterocycles. The third kappa shape index (κ3) is 3.34. The average molecular weight is 365 g/mol. The maximum absolute atomic E-state index is 14.2. The van der Waals surface area contributed by atoms with Gasteiger partial charge in [0.1, 0.15) is 0 Å². The molecule has 0 aliphatic heterocycles. The number of rotatable bonds is 5. The molecule has 1 unspecified atom stereocenters. The van der Waals surface area contributed by atoms with E-state index in [4.69, 9.17) is 10.5 Å². The maximum atomic E-state index is 14.2. The first kappa shape index (κ1) is 19.2. The first-order valence-electron chi connectivity index (χ1n) is 8.15. The van der Waals surface area contributed by atoms with Gasteiger partial charge >= 0.3 is 5.97 Å². The predicted molar refractivity (Wildman–Crippen MR) is 101 cm³/mol. The number of esters is 1. The van der Waals surface area contributed by atoms with Gasteiger partial charge in [-0.15, -0.1) is 12.4 Å². The topological polar surface area (TPSA) is 57.2 Å². The highest BCUT2D eigenvalue weighted by molar-refractivity contribution is 6.08. The van der Waals surface area contributed by atoms with E-state index in [0.717, 1.165) is 28.4 Å². The number of hydrogen-bond acceptors (Lipinski definition) is 3. The molecule has 2 atom stereocenters. The predicted octanol–water partition coefficient (Wildman–Crippen LogP) is 4.14. The van der Waals surface area contributed by atoms with E-state index in [1.54, 1.807) is 13.0 Å². The molecule has 3 rings (SSSR count). The van der Waals surface area contributed by atoms with Gasteiger partial charge in [0.25, 0.3) is 0 Å². The van der Waals surface area contributed by atoms with Gasteiger partial charge in [-0.05, 0) is 37.6 Å². The van der Waals surface area contributed by atoms with Crippen LogP contribution < -0.4 is 5.73 Å². The third-order valence-electron chi connectivity index (χ3n) is 4.32. The van der Waals surface area contributed by atoms with Crippen LogP contribution in [-0.2, 0) is 16.1 Å². The molecular weight excluding hydrogens is 343 g/mol. The van der Waals surface area contributed by atoms with Crippen LogP contribution in [0.15, 0.2) is 42.5 Å². The van der Waals surface area contributed by atoms with E-state index < -0.39 is 18.2 Å². The van der Waals surface area contributed by atoms with E-state index in [1.807, 2.05) is 30.3 Å². The van der Waals surface area contributed by atoms with E-state index in [9.17, 15) is 9.18 Å². The van der Waals surface area contributed by atoms with Crippen LogP contribution in [0.2, 0.25) is 0 Å². The molecule has 3 aromatic rings. The number of carbonyl (C=O) groups is 1. The maximum Gasteiger partial charge on any atom is 0.342 e. The molecule has 0 fully saturated rings. The zero-order chi connectivity index (χ0) is 17.3. The molecule has 0 spiro atoms. The molecule has 2 N–H and O–H groups in total. The molecule has 6 heteroatoms. The third-order valence-corrected chi connectivity index (χ3v) is 4.32. The number of nitrogens with two attached hydrogens (primary N) is 1. The summed E-state index contributed by atoms with van der Waals surface area (Å²) in [4.78, 5) is 11.6. The summed E-state index contributed by atoms with van der Waals surface area (Å²) < 4.78 is 21.2. The van der Waals surface area contributed by atoms with E-state index >= 15 is 0 Å². The summed E-state index contributed by atoms with van der Waals surface area (Å²) in [6.45, 7) is 4.70. The van der Waals surface area contributed by atoms with E-state index in [1.165, 1.54) is 0 Å². The molecule has 0 radical (unpaired) electrons. The summed E-state index contributed by atoms with van der Waals surface area (Å²) >= 11 is 0. The Hall–Kier alpha value is -2.11. The summed E-state index contributed by atoms with van der Waals surface area (Å²) in [5.74, 6) is -0.916. The number of halogens is 2. The van der Waals surface area contributed by atoms with Crippen molar-refractivity contribution in [3.05, 3.63) is 48.0 Å². The first-order valence-corrected chi connectivity index (χ1v) is 8.15. The van der Waals surface area contributed by atoms with Crippen molar-refractivity contribution in [2.45, 2.75) is 32.6 Å². The standard InChI is InChI=1S/C19H21FN2O2.ClH/c1-3-22-15-8-6-5-7-13(15)14-11-12(9-10-16(14)22)18(21)17(20)19(23)24-4-2;/h5-11,17-18H,3-4,21H2,1-2H3;1H/t17?,18-;/m0./s1. The lowest BCUT2D eigenvalue weighted by Gasteiger charge is -2.16. The smallest absolute Gasteiger partial charge is 0.342 e. The fourth-order valence-electron chi connectivity index (χ4n) is 3.16. The summed E-state index contributed by atoms with van der Waals surface area (Å²) in [5.41, 5.74) is 8.74. The van der Waals surface area contributed by atoms with Crippen LogP contribution in [0.5, 0.6) is 0 Å². The van der Waals surface area contributed by atoms with Crippen LogP contribution in [0.3, 0.4) is 0 Å². The summed E-state index contributed by atoms with van der Waals surface area (Å²) in [6.07, 6.45) is -1.87. The quantitative estimate of drug-likeness (QED) is 0.692. The minimum absolute atomic E-state index is 0. The largest absolute Gasteiger partial charge is 0.464 e. The fraction of sp³-hybridized carbons (Fsp3) is 0.316. The number of ether oxygens (including phenoxy) is 1. The van der Waals surface area contributed by atoms with Crippen molar-refractivity contribution < 1.29 is 13.9 Å². The van der Waals surface area contributed by atoms with Crippen molar-refractivity contribution in [3.8, 4) is 0 Å². The van der Waals surface area contributed by atoms with Gasteiger partial charge in [0.15, 0.2) is 0 Å². The van der Waals surface area contributed by atoms with Crippen LogP contribution >= 0.6 is 12.4 Å². The van der Waals surface area contributed by atoms with E-state index in [0.29, 0.717) is 5.56 Å². The molecule has 0 aliphatic carbocycles. The van der Waals surface area contributed by atoms with Gasteiger partial charge in [0.05, 0.1) is 12.6 Å². The van der Waals surface area contributed by atoms with Crippen LogP contribution in [0, 0.1) is 0 Å². The second-order valence-corrected chi connectivity index (χ2v) is 5.72. The number of hydrogen-bond donors (Lipinski definition) is 1. The second-order valence-electron chi connectivity index (χ2n) is 5.72. The van der Waals surface area contributed by atoms with Crippen molar-refractivity contribution in [2.75, 3.05) is 6.61 Å². The molecule has 0 bridgehead atoms. The van der Waals surface area contributed by atoms with Crippen molar-refractivity contribution in [1.29, 1.82) is 0 Å². The molecule has 25 heavy (non-hydrogen) atoms. The lowest BCUT2D eigenvalue weighted by Crippen LogP contribution is -2.31. The van der Waals surface area contributed by atoms with Gasteiger partial charge in [-0.3, -0.25) is 0 Å². The highest BCUT2D eigenvalue weighted by atomic mass is 35.5. The molecule has 4 nitrogen and oxygen atoms in total. The number of carbonyl (C=O) groups excluding carboxylic acids is 1. The van der Waals surface area contributed by atoms with Gasteiger partial charge in [0.2, 0.25) is 6.17 Å². The zero-order valence-electron chi connectivity index (χ0n) is 14.2. The number of aromatic nitrogens is 1. The Morgan fingerprint density at radius 1 is 1.16 bits per heavy atom. The number of para-hydroxylation sites is 1. The fourth-order valence-corrected chi connectivity index (χ4v) is 3.16. The minimum atomic E-state index is -1.87. The molecular formula is C19H22ClFN2O2. The molecule has 0 aliphatic rings. The van der Waals surface area contributed by atoms with Crippen LogP contribution in [0.25, 0.3) is 21.8 Å². The lowest BCUT2D eigenvalue weighted by atomic mass is 10.0. The van der Waals surface area contributed by atoms with Crippen LogP contribution in [-0.4, -0.2) is 23.3 Å². The van der Waals surface area contributed by atoms with Gasteiger partial charge < -0.3 is 15.0 Å². The Morgan fingerprint density at radius 3 is 2.52 bits per heavy atom. The molecule has 0 saturated heterocycles. The molecule has 134 valence electrons. The number of nitrogens with zero attached hydrogens (tertiary/aromatic N) is 1. The molecule has 1 aromatic heterocycles. The molecule has 0 saturated carbocycles. The van der Waals surface area contributed by atoms with E-state index in [-0.39, 0.29) is 19.0 Å². The van der Waals surface area contributed by atoms with Crippen molar-refractivity contribution in [2.24, 2.45) is 5.73 Å². The van der Waals surface area contributed by atoms with Crippen molar-refractivity contribution in [1.82, 2.24) is 4.57 Å². The van der Waals surface area contributed by atoms with E-state index in [2.05, 4.69) is 17.6 Å². The summed E-state index contributed by atoms with van der Waals surface area (Å²) in [7, 11) is 0. The molecule has 0 amide bonds. The average Bonchev–Trinajstić information content (AvgIpc) is 2.93. The Morgan fingerprint density at radius 2 is 1.84 bits per heavy atom. The number of benzene rings is 2. The Labute approximate surface area is 152 Å². The van der Waals surface area contributed by atoms with Gasteiger partial charge in [-0.1, -0.05) is 24.3 Å². The second kappa shape index (κ2) is 7.85. The van der Waals surface area contributed by atoms with Crippen molar-refractivity contribution >= 4 is 40.2 Å². The number of aryl methyl sites for hydroxylation is 1. The Kier molecular flexibility index (Phi) is 6.03. The monoisotopic (exact) mass is 364 g/mol. The first-order chi connectivity index (χ1) is 11.6.